The number of hydrogen-bond donors (Lipinski definition) is 0. The lowest BCUT2D eigenvalue weighted by molar-refractivity contribution is 1.22. The van der Waals surface area contributed by atoms with Crippen molar-refractivity contribution in [1.82, 2.24) is 0 Å². The van der Waals surface area contributed by atoms with Crippen LogP contribution in [0.25, 0.3) is 16.5 Å². The average Bonchev–Trinajstić information content (AvgIpc) is 2.45. The summed E-state index contributed by atoms with van der Waals surface area (Å²) in [4.78, 5) is 3.84. The van der Waals surface area contributed by atoms with Gasteiger partial charge in [0.1, 0.15) is 0 Å². The smallest absolute Gasteiger partial charge is 0.0443 e. The lowest BCUT2D eigenvalue weighted by atomic mass is 10.3. The Labute approximate surface area is 75.0 Å². The van der Waals surface area contributed by atoms with E-state index < -0.39 is 0 Å². The molecule has 12 heavy (non-hydrogen) atoms. The van der Waals surface area contributed by atoms with Crippen molar-refractivity contribution in [2.45, 2.75) is 6.92 Å². The molecule has 0 saturated heterocycles. The molecule has 0 aromatic carbocycles. The second-order valence-electron chi connectivity index (χ2n) is 2.34. The third-order valence-corrected chi connectivity index (χ3v) is 2.30. The van der Waals surface area contributed by atoms with Gasteiger partial charge in [-0.05, 0) is 35.5 Å². The van der Waals surface area contributed by atoms with Crippen molar-refractivity contribution >= 4 is 17.4 Å². The Bertz CT molecular complexity index is 321. The van der Waals surface area contributed by atoms with Crippen molar-refractivity contribution in [3.05, 3.63) is 38.4 Å². The van der Waals surface area contributed by atoms with Crippen LogP contribution in [0.5, 0.6) is 0 Å². The number of nitrogens with zero attached hydrogens (tertiary/aromatic N) is 3. The number of aryl methyl sites for hydroxylation is 1. The minimum absolute atomic E-state index is 0.424. The van der Waals surface area contributed by atoms with Gasteiger partial charge in [-0.15, -0.1) is 11.3 Å². The van der Waals surface area contributed by atoms with Crippen molar-refractivity contribution in [1.29, 1.82) is 0 Å². The maximum atomic E-state index is 7.99. The Morgan fingerprint density at radius 1 is 1.75 bits per heavy atom. The highest BCUT2D eigenvalue weighted by Gasteiger charge is 1.88. The monoisotopic (exact) mass is 179 g/mol. The van der Waals surface area contributed by atoms with Crippen molar-refractivity contribution in [2.24, 2.45) is 5.11 Å². The van der Waals surface area contributed by atoms with Gasteiger partial charge in [0.25, 0.3) is 0 Å². The van der Waals surface area contributed by atoms with Gasteiger partial charge in [-0.1, -0.05) is 11.2 Å². The molecule has 0 aliphatic heterocycles. The summed E-state index contributed by atoms with van der Waals surface area (Å²) < 4.78 is 0. The molecule has 0 atom stereocenters. The molecule has 0 bridgehead atoms. The largest absolute Gasteiger partial charge is 0.144 e. The molecule has 0 spiro atoms. The molecule has 1 rings (SSSR count). The van der Waals surface area contributed by atoms with E-state index in [0.29, 0.717) is 6.54 Å². The molecule has 1 aromatic rings. The highest BCUT2D eigenvalue weighted by Crippen LogP contribution is 2.14. The summed E-state index contributed by atoms with van der Waals surface area (Å²) in [5, 5.41) is 5.48. The lowest BCUT2D eigenvalue weighted by Crippen LogP contribution is -1.65. The number of hydrogen-bond acceptors (Lipinski definition) is 2. The third kappa shape index (κ3) is 2.78. The predicted octanol–water partition coefficient (Wildman–Crippen LogP) is 3.38. The van der Waals surface area contributed by atoms with Gasteiger partial charge in [0.15, 0.2) is 0 Å². The Hall–Kier alpha value is -1.25. The highest BCUT2D eigenvalue weighted by molar-refractivity contribution is 7.11. The summed E-state index contributed by atoms with van der Waals surface area (Å²) >= 11 is 1.69. The van der Waals surface area contributed by atoms with E-state index >= 15 is 0 Å². The predicted molar refractivity (Wildman–Crippen MR) is 52.1 cm³/mol. The van der Waals surface area contributed by atoms with Crippen LogP contribution in [0.15, 0.2) is 22.6 Å². The molecule has 4 heteroatoms. The van der Waals surface area contributed by atoms with Gasteiger partial charge in [0, 0.05) is 16.3 Å². The molecule has 1 aromatic heterocycles. The maximum absolute atomic E-state index is 7.99. The summed E-state index contributed by atoms with van der Waals surface area (Å²) in [7, 11) is 0. The fraction of sp³-hybridized carbons (Fsp3) is 0.250. The minimum atomic E-state index is 0.424. The fourth-order valence-corrected chi connectivity index (χ4v) is 1.61. The van der Waals surface area contributed by atoms with E-state index in [9.17, 15) is 0 Å². The van der Waals surface area contributed by atoms with Gasteiger partial charge in [0.05, 0.1) is 0 Å². The van der Waals surface area contributed by atoms with E-state index in [1.807, 2.05) is 12.2 Å². The van der Waals surface area contributed by atoms with Crippen LogP contribution in [0.2, 0.25) is 0 Å². The first-order chi connectivity index (χ1) is 5.83. The number of azide groups is 1. The standard InChI is InChI=1S/C8H9N3S/c1-7-5-8(12-6-7)3-2-4-10-11-9/h2-3,5-6H,4H2,1H3. The topological polar surface area (TPSA) is 48.8 Å². The molecule has 3 nitrogen and oxygen atoms in total. The van der Waals surface area contributed by atoms with Crippen LogP contribution in [0.3, 0.4) is 0 Å². The first-order valence-electron chi connectivity index (χ1n) is 3.55. The van der Waals surface area contributed by atoms with Crippen molar-refractivity contribution in [2.75, 3.05) is 6.54 Å². The first-order valence-corrected chi connectivity index (χ1v) is 4.43. The summed E-state index contributed by atoms with van der Waals surface area (Å²) in [6.07, 6.45) is 3.82. The molecular weight excluding hydrogens is 170 g/mol. The summed E-state index contributed by atoms with van der Waals surface area (Å²) in [5.41, 5.74) is 9.26. The van der Waals surface area contributed by atoms with Crippen LogP contribution in [0.4, 0.5) is 0 Å². The molecule has 0 aliphatic carbocycles. The molecule has 0 unspecified atom stereocenters. The molecule has 62 valence electrons. The normalized spacial score (nSPS) is 10.1. The highest BCUT2D eigenvalue weighted by atomic mass is 32.1. The van der Waals surface area contributed by atoms with Crippen LogP contribution >= 0.6 is 11.3 Å². The van der Waals surface area contributed by atoms with Crippen molar-refractivity contribution in [3.8, 4) is 0 Å². The Morgan fingerprint density at radius 3 is 3.17 bits per heavy atom. The molecule has 1 heterocycles. The van der Waals surface area contributed by atoms with Gasteiger partial charge < -0.3 is 0 Å². The molecule has 0 N–H and O–H groups in total. The van der Waals surface area contributed by atoms with E-state index in [2.05, 4.69) is 28.4 Å². The van der Waals surface area contributed by atoms with Crippen molar-refractivity contribution < 1.29 is 0 Å². The molecular formula is C8H9N3S. The third-order valence-electron chi connectivity index (χ3n) is 1.28. The van der Waals surface area contributed by atoms with E-state index in [0.717, 1.165) is 0 Å². The number of rotatable bonds is 3. The maximum Gasteiger partial charge on any atom is 0.0443 e. The Morgan fingerprint density at radius 2 is 2.58 bits per heavy atom. The SMILES string of the molecule is Cc1csc(C=CCN=[N+]=[N-])c1. The van der Waals surface area contributed by atoms with Gasteiger partial charge in [0.2, 0.25) is 0 Å². The average molecular weight is 179 g/mol. The van der Waals surface area contributed by atoms with Crippen LogP contribution in [-0.4, -0.2) is 6.54 Å². The lowest BCUT2D eigenvalue weighted by Gasteiger charge is -1.80. The van der Waals surface area contributed by atoms with Crippen LogP contribution in [0, 0.1) is 6.92 Å². The quantitative estimate of drug-likeness (QED) is 0.388. The van der Waals surface area contributed by atoms with Crippen LogP contribution < -0.4 is 0 Å². The summed E-state index contributed by atoms with van der Waals surface area (Å²) in [6, 6.07) is 2.09. The van der Waals surface area contributed by atoms with Crippen LogP contribution in [0.1, 0.15) is 10.4 Å². The molecule has 0 amide bonds. The van der Waals surface area contributed by atoms with E-state index in [-0.39, 0.29) is 0 Å². The second kappa shape index (κ2) is 4.59. The van der Waals surface area contributed by atoms with Crippen molar-refractivity contribution in [3.63, 3.8) is 0 Å². The zero-order valence-electron chi connectivity index (χ0n) is 6.77. The summed E-state index contributed by atoms with van der Waals surface area (Å²) in [5.74, 6) is 0. The van der Waals surface area contributed by atoms with Gasteiger partial charge in [-0.2, -0.15) is 0 Å². The number of thiophene rings is 1. The Kier molecular flexibility index (Phi) is 3.38. The second-order valence-corrected chi connectivity index (χ2v) is 3.29. The van der Waals surface area contributed by atoms with E-state index in [1.165, 1.54) is 10.4 Å². The fourth-order valence-electron chi connectivity index (χ4n) is 0.793. The van der Waals surface area contributed by atoms with Crippen LogP contribution in [-0.2, 0) is 0 Å². The van der Waals surface area contributed by atoms with Gasteiger partial charge in [-0.3, -0.25) is 0 Å². The minimum Gasteiger partial charge on any atom is -0.144 e. The van der Waals surface area contributed by atoms with E-state index in [1.54, 1.807) is 11.3 Å². The first kappa shape index (κ1) is 8.84. The zero-order valence-corrected chi connectivity index (χ0v) is 7.58. The van der Waals surface area contributed by atoms with Gasteiger partial charge >= 0.3 is 0 Å². The molecule has 0 saturated carbocycles. The molecule has 0 radical (unpaired) electrons. The molecule has 0 aliphatic rings. The zero-order chi connectivity index (χ0) is 8.81. The summed E-state index contributed by atoms with van der Waals surface area (Å²) in [6.45, 7) is 2.48. The molecule has 0 fully saturated rings. The van der Waals surface area contributed by atoms with Gasteiger partial charge in [-0.25, -0.2) is 0 Å². The Balaban J connectivity index is 2.51. The van der Waals surface area contributed by atoms with E-state index in [4.69, 9.17) is 5.53 Å².